The molecule has 0 saturated carbocycles. The topological polar surface area (TPSA) is 75.4 Å². The third-order valence-electron chi connectivity index (χ3n) is 5.16. The Kier molecular flexibility index (Phi) is 4.78. The Bertz CT molecular complexity index is 1120. The maximum absolute atomic E-state index is 13.1. The van der Waals surface area contributed by atoms with Crippen LogP contribution in [0.1, 0.15) is 29.3 Å². The number of carbonyl (C=O) groups excluding carboxylic acids is 2. The number of amides is 3. The second kappa shape index (κ2) is 7.15. The summed E-state index contributed by atoms with van der Waals surface area (Å²) in [6.07, 6.45) is 1.49. The average Bonchev–Trinajstić information content (AvgIpc) is 3.21. The second-order valence-electron chi connectivity index (χ2n) is 7.42. The molecule has 1 unspecified atom stereocenters. The van der Waals surface area contributed by atoms with Crippen molar-refractivity contribution in [1.82, 2.24) is 15.2 Å². The summed E-state index contributed by atoms with van der Waals surface area (Å²) < 4.78 is 6.46. The fourth-order valence-electron chi connectivity index (χ4n) is 3.55. The highest BCUT2D eigenvalue weighted by Gasteiger charge is 2.49. The molecule has 6 nitrogen and oxygen atoms in total. The van der Waals surface area contributed by atoms with E-state index in [9.17, 15) is 9.59 Å². The molecule has 7 heteroatoms. The van der Waals surface area contributed by atoms with E-state index in [0.717, 1.165) is 21.2 Å². The fraction of sp³-hybridized carbons (Fsp3) is 0.227. The number of halogens is 1. The molecule has 1 atom stereocenters. The van der Waals surface area contributed by atoms with Crippen molar-refractivity contribution >= 4 is 27.9 Å². The number of benzene rings is 2. The molecule has 2 heterocycles. The molecular weight excluding hydrogens is 434 g/mol. The lowest BCUT2D eigenvalue weighted by Crippen LogP contribution is -2.40. The Balaban J connectivity index is 1.58. The van der Waals surface area contributed by atoms with Crippen LogP contribution in [0.25, 0.3) is 11.5 Å². The minimum absolute atomic E-state index is 0.0443. The summed E-state index contributed by atoms with van der Waals surface area (Å²) in [7, 11) is 0. The van der Waals surface area contributed by atoms with Gasteiger partial charge in [-0.2, -0.15) is 0 Å². The number of hydrogen-bond acceptors (Lipinski definition) is 4. The van der Waals surface area contributed by atoms with E-state index in [1.807, 2.05) is 50.2 Å². The molecule has 1 aliphatic heterocycles. The molecule has 1 fully saturated rings. The summed E-state index contributed by atoms with van der Waals surface area (Å²) in [5.74, 6) is 0.149. The van der Waals surface area contributed by atoms with Crippen molar-refractivity contribution in [2.24, 2.45) is 0 Å². The number of nitrogens with zero attached hydrogens (tertiary/aromatic N) is 2. The van der Waals surface area contributed by atoms with Gasteiger partial charge >= 0.3 is 6.03 Å². The Morgan fingerprint density at radius 3 is 2.69 bits per heavy atom. The van der Waals surface area contributed by atoms with Gasteiger partial charge in [-0.15, -0.1) is 0 Å². The quantitative estimate of drug-likeness (QED) is 0.581. The third-order valence-corrected chi connectivity index (χ3v) is 5.65. The molecule has 1 aliphatic rings. The molecule has 1 aromatic heterocycles. The van der Waals surface area contributed by atoms with Crippen LogP contribution in [0.2, 0.25) is 0 Å². The average molecular weight is 454 g/mol. The number of aromatic nitrogens is 1. The van der Waals surface area contributed by atoms with Gasteiger partial charge in [0.15, 0.2) is 0 Å². The molecule has 0 bridgehead atoms. The smallest absolute Gasteiger partial charge is 0.325 e. The van der Waals surface area contributed by atoms with Gasteiger partial charge in [0.05, 0.1) is 12.2 Å². The molecule has 0 spiro atoms. The van der Waals surface area contributed by atoms with Crippen LogP contribution in [0.15, 0.2) is 57.6 Å². The van der Waals surface area contributed by atoms with E-state index >= 15 is 0 Å². The lowest BCUT2D eigenvalue weighted by molar-refractivity contribution is -0.131. The molecule has 148 valence electrons. The second-order valence-corrected chi connectivity index (χ2v) is 8.33. The first-order valence-corrected chi connectivity index (χ1v) is 9.99. The molecule has 4 rings (SSSR count). The molecular formula is C22H20BrN3O3. The standard InChI is InChI=1S/C22H20BrN3O3/c1-13-7-8-18(14(2)9-13)19-24-17(12-29-19)11-26-20(27)22(3,25-21(26)28)15-5-4-6-16(23)10-15/h4-10,12H,11H2,1-3H3,(H,25,28). The van der Waals surface area contributed by atoms with Crippen molar-refractivity contribution in [3.8, 4) is 11.5 Å². The molecule has 2 aromatic carbocycles. The predicted molar refractivity (Wildman–Crippen MR) is 112 cm³/mol. The predicted octanol–water partition coefficient (Wildman–Crippen LogP) is 4.69. The van der Waals surface area contributed by atoms with Crippen LogP contribution in [-0.2, 0) is 16.9 Å². The van der Waals surface area contributed by atoms with Crippen LogP contribution in [0.4, 0.5) is 4.79 Å². The van der Waals surface area contributed by atoms with Gasteiger partial charge in [-0.3, -0.25) is 9.69 Å². The van der Waals surface area contributed by atoms with E-state index in [1.165, 1.54) is 11.2 Å². The Hall–Kier alpha value is -2.93. The number of carbonyl (C=O) groups is 2. The first-order valence-electron chi connectivity index (χ1n) is 9.20. The van der Waals surface area contributed by atoms with Gasteiger partial charge in [-0.25, -0.2) is 9.78 Å². The highest BCUT2D eigenvalue weighted by molar-refractivity contribution is 9.10. The minimum atomic E-state index is -1.12. The normalized spacial score (nSPS) is 19.0. The first-order chi connectivity index (χ1) is 13.8. The van der Waals surface area contributed by atoms with E-state index in [-0.39, 0.29) is 12.5 Å². The number of hydrogen-bond donors (Lipinski definition) is 1. The Labute approximate surface area is 177 Å². The van der Waals surface area contributed by atoms with Gasteiger partial charge in [-0.05, 0) is 50.1 Å². The van der Waals surface area contributed by atoms with Gasteiger partial charge in [0, 0.05) is 10.0 Å². The number of aryl methyl sites for hydroxylation is 2. The summed E-state index contributed by atoms with van der Waals surface area (Å²) in [6, 6.07) is 12.9. The molecule has 0 radical (unpaired) electrons. The van der Waals surface area contributed by atoms with Crippen molar-refractivity contribution < 1.29 is 14.0 Å². The molecule has 1 saturated heterocycles. The van der Waals surface area contributed by atoms with E-state index in [4.69, 9.17) is 4.42 Å². The van der Waals surface area contributed by atoms with Gasteiger partial charge < -0.3 is 9.73 Å². The number of rotatable bonds is 4. The van der Waals surface area contributed by atoms with Crippen LogP contribution in [0, 0.1) is 13.8 Å². The van der Waals surface area contributed by atoms with Gasteiger partial charge in [0.25, 0.3) is 5.91 Å². The summed E-state index contributed by atoms with van der Waals surface area (Å²) in [5.41, 5.74) is 3.20. The third kappa shape index (κ3) is 3.46. The molecule has 3 amide bonds. The summed E-state index contributed by atoms with van der Waals surface area (Å²) in [4.78, 5) is 31.3. The van der Waals surface area contributed by atoms with Gasteiger partial charge in [0.2, 0.25) is 5.89 Å². The van der Waals surface area contributed by atoms with Crippen molar-refractivity contribution in [3.63, 3.8) is 0 Å². The molecule has 0 aliphatic carbocycles. The van der Waals surface area contributed by atoms with Crippen LogP contribution in [-0.4, -0.2) is 21.8 Å². The summed E-state index contributed by atoms with van der Waals surface area (Å²) in [6.45, 7) is 5.77. The lowest BCUT2D eigenvalue weighted by atomic mass is 9.92. The lowest BCUT2D eigenvalue weighted by Gasteiger charge is -2.22. The number of imide groups is 1. The van der Waals surface area contributed by atoms with Crippen molar-refractivity contribution in [1.29, 1.82) is 0 Å². The minimum Gasteiger partial charge on any atom is -0.444 e. The van der Waals surface area contributed by atoms with Crippen LogP contribution < -0.4 is 5.32 Å². The van der Waals surface area contributed by atoms with E-state index in [1.54, 1.807) is 6.92 Å². The zero-order valence-electron chi connectivity index (χ0n) is 16.3. The van der Waals surface area contributed by atoms with Crippen molar-refractivity contribution in [2.75, 3.05) is 0 Å². The van der Waals surface area contributed by atoms with Gasteiger partial charge in [0.1, 0.15) is 11.8 Å². The number of urea groups is 1. The monoisotopic (exact) mass is 453 g/mol. The largest absolute Gasteiger partial charge is 0.444 e. The van der Waals surface area contributed by atoms with E-state index in [0.29, 0.717) is 17.1 Å². The summed E-state index contributed by atoms with van der Waals surface area (Å²) >= 11 is 3.41. The molecule has 29 heavy (non-hydrogen) atoms. The fourth-order valence-corrected chi connectivity index (χ4v) is 3.95. The Morgan fingerprint density at radius 2 is 1.97 bits per heavy atom. The van der Waals surface area contributed by atoms with Crippen LogP contribution >= 0.6 is 15.9 Å². The molecule has 3 aromatic rings. The number of oxazole rings is 1. The van der Waals surface area contributed by atoms with Gasteiger partial charge in [-0.1, -0.05) is 45.8 Å². The van der Waals surface area contributed by atoms with E-state index in [2.05, 4.69) is 32.3 Å². The maximum Gasteiger partial charge on any atom is 0.325 e. The van der Waals surface area contributed by atoms with Crippen LogP contribution in [0.3, 0.4) is 0 Å². The van der Waals surface area contributed by atoms with Crippen LogP contribution in [0.5, 0.6) is 0 Å². The Morgan fingerprint density at radius 1 is 1.17 bits per heavy atom. The van der Waals surface area contributed by atoms with Crippen molar-refractivity contribution in [2.45, 2.75) is 32.9 Å². The summed E-state index contributed by atoms with van der Waals surface area (Å²) in [5, 5.41) is 2.81. The zero-order chi connectivity index (χ0) is 20.8. The molecule has 1 N–H and O–H groups in total. The highest BCUT2D eigenvalue weighted by atomic mass is 79.9. The SMILES string of the molecule is Cc1ccc(-c2nc(CN3C(=O)NC(C)(c4cccc(Br)c4)C3=O)co2)c(C)c1. The maximum atomic E-state index is 13.1. The number of nitrogens with one attached hydrogen (secondary N) is 1. The van der Waals surface area contributed by atoms with E-state index < -0.39 is 11.6 Å². The highest BCUT2D eigenvalue weighted by Crippen LogP contribution is 2.31. The zero-order valence-corrected chi connectivity index (χ0v) is 17.9. The van der Waals surface area contributed by atoms with Crippen molar-refractivity contribution in [3.05, 3.63) is 75.6 Å². The first kappa shape index (κ1) is 19.4.